The lowest BCUT2D eigenvalue weighted by atomic mass is 10.00. The summed E-state index contributed by atoms with van der Waals surface area (Å²) in [5.41, 5.74) is 3.48. The van der Waals surface area contributed by atoms with E-state index in [4.69, 9.17) is 0 Å². The van der Waals surface area contributed by atoms with Crippen LogP contribution in [0.5, 0.6) is 0 Å². The monoisotopic (exact) mass is 228 g/mol. The van der Waals surface area contributed by atoms with Gasteiger partial charge in [-0.3, -0.25) is 4.98 Å². The molecule has 1 heterocycles. The van der Waals surface area contributed by atoms with E-state index in [2.05, 4.69) is 22.4 Å². The molecule has 0 aromatic carbocycles. The third-order valence-corrected chi connectivity index (χ3v) is 4.99. The summed E-state index contributed by atoms with van der Waals surface area (Å²) in [6.07, 6.45) is 10.3. The van der Waals surface area contributed by atoms with Crippen LogP contribution in [0.25, 0.3) is 0 Å². The van der Waals surface area contributed by atoms with E-state index in [1.165, 1.54) is 56.3 Å². The third-order valence-electron chi connectivity index (χ3n) is 4.99. The van der Waals surface area contributed by atoms with Crippen molar-refractivity contribution in [1.82, 2.24) is 10.3 Å². The van der Waals surface area contributed by atoms with Crippen molar-refractivity contribution in [3.63, 3.8) is 0 Å². The van der Waals surface area contributed by atoms with E-state index in [-0.39, 0.29) is 0 Å². The summed E-state index contributed by atoms with van der Waals surface area (Å²) < 4.78 is 0. The molecule has 17 heavy (non-hydrogen) atoms. The minimum Gasteiger partial charge on any atom is -0.308 e. The molecule has 0 aliphatic heterocycles. The van der Waals surface area contributed by atoms with E-state index in [1.54, 1.807) is 0 Å². The van der Waals surface area contributed by atoms with E-state index in [1.807, 2.05) is 6.20 Å². The van der Waals surface area contributed by atoms with Gasteiger partial charge in [0.2, 0.25) is 0 Å². The second-order valence-electron chi connectivity index (χ2n) is 6.16. The fraction of sp³-hybridized carbons (Fsp3) is 0.667. The van der Waals surface area contributed by atoms with Crippen LogP contribution in [0.4, 0.5) is 0 Å². The highest BCUT2D eigenvalue weighted by Crippen LogP contribution is 2.61. The van der Waals surface area contributed by atoms with Crippen LogP contribution in [0.2, 0.25) is 0 Å². The fourth-order valence-electron chi connectivity index (χ4n) is 3.52. The molecule has 0 saturated heterocycles. The lowest BCUT2D eigenvalue weighted by Gasteiger charge is -2.19. The van der Waals surface area contributed by atoms with Gasteiger partial charge in [-0.25, -0.2) is 0 Å². The van der Waals surface area contributed by atoms with Crippen LogP contribution in [0.15, 0.2) is 18.3 Å². The second kappa shape index (κ2) is 3.55. The number of nitrogens with one attached hydrogen (secondary N) is 1. The Bertz CT molecular complexity index is 432. The number of aromatic nitrogens is 1. The number of pyridine rings is 1. The van der Waals surface area contributed by atoms with Gasteiger partial charge in [0.15, 0.2) is 0 Å². The number of aryl methyl sites for hydroxylation is 1. The van der Waals surface area contributed by atoms with Crippen molar-refractivity contribution < 1.29 is 0 Å². The molecule has 2 heteroatoms. The minimum absolute atomic E-state index is 0.530. The van der Waals surface area contributed by atoms with Gasteiger partial charge in [-0.2, -0.15) is 0 Å². The molecule has 0 spiro atoms. The van der Waals surface area contributed by atoms with E-state index < -0.39 is 0 Å². The molecule has 90 valence electrons. The molecule has 1 aromatic heterocycles. The second-order valence-corrected chi connectivity index (χ2v) is 6.16. The van der Waals surface area contributed by atoms with Crippen molar-refractivity contribution in [2.75, 3.05) is 6.54 Å². The van der Waals surface area contributed by atoms with Crippen LogP contribution in [0.1, 0.15) is 49.4 Å². The number of fused-ring (bicyclic) bond motifs is 1. The van der Waals surface area contributed by atoms with Crippen LogP contribution in [-0.4, -0.2) is 11.5 Å². The molecule has 3 aliphatic rings. The maximum atomic E-state index is 4.56. The molecule has 0 amide bonds. The maximum absolute atomic E-state index is 4.56. The Labute approximate surface area is 103 Å². The van der Waals surface area contributed by atoms with Crippen molar-refractivity contribution in [3.05, 3.63) is 29.6 Å². The predicted molar refractivity (Wildman–Crippen MR) is 67.7 cm³/mol. The molecule has 1 atom stereocenters. The molecule has 2 fully saturated rings. The third kappa shape index (κ3) is 1.70. The van der Waals surface area contributed by atoms with Gasteiger partial charge in [0.05, 0.1) is 11.7 Å². The molecule has 0 radical (unpaired) electrons. The van der Waals surface area contributed by atoms with Crippen LogP contribution in [0.3, 0.4) is 0 Å². The summed E-state index contributed by atoms with van der Waals surface area (Å²) in [5.74, 6) is 1.06. The van der Waals surface area contributed by atoms with Gasteiger partial charge in [-0.1, -0.05) is 6.07 Å². The smallest absolute Gasteiger partial charge is 0.0605 e. The van der Waals surface area contributed by atoms with Crippen LogP contribution >= 0.6 is 0 Å². The van der Waals surface area contributed by atoms with Gasteiger partial charge in [0, 0.05) is 12.7 Å². The molecule has 1 aromatic rings. The van der Waals surface area contributed by atoms with Crippen molar-refractivity contribution in [2.45, 2.75) is 44.6 Å². The van der Waals surface area contributed by atoms with Gasteiger partial charge in [0.1, 0.15) is 0 Å². The Morgan fingerprint density at radius 3 is 2.94 bits per heavy atom. The summed E-state index contributed by atoms with van der Waals surface area (Å²) in [6.45, 7) is 1.23. The number of nitrogens with zero attached hydrogens (tertiary/aromatic N) is 1. The lowest BCUT2D eigenvalue weighted by Crippen LogP contribution is -2.28. The van der Waals surface area contributed by atoms with Gasteiger partial charge in [-0.15, -0.1) is 0 Å². The highest BCUT2D eigenvalue weighted by Gasteiger charge is 2.53. The van der Waals surface area contributed by atoms with Gasteiger partial charge in [-0.05, 0) is 61.5 Å². The van der Waals surface area contributed by atoms with Gasteiger partial charge in [0.25, 0.3) is 0 Å². The number of hydrogen-bond acceptors (Lipinski definition) is 2. The Hall–Kier alpha value is -0.890. The lowest BCUT2D eigenvalue weighted by molar-refractivity contribution is 0.371. The summed E-state index contributed by atoms with van der Waals surface area (Å²) in [7, 11) is 0. The van der Waals surface area contributed by atoms with Crippen molar-refractivity contribution >= 4 is 0 Å². The van der Waals surface area contributed by atoms with E-state index >= 15 is 0 Å². The standard InChI is InChI=1S/C15H20N2/c1-2-11-3-6-13(14(11)16-9-1)17-10-15(7-8-15)12-4-5-12/h1-2,9,12-13,17H,3-8,10H2. The highest BCUT2D eigenvalue weighted by atomic mass is 15.0. The molecule has 1 N–H and O–H groups in total. The highest BCUT2D eigenvalue weighted by molar-refractivity contribution is 5.28. The van der Waals surface area contributed by atoms with Crippen molar-refractivity contribution in [1.29, 1.82) is 0 Å². The van der Waals surface area contributed by atoms with E-state index in [0.717, 1.165) is 5.92 Å². The first-order valence-corrected chi connectivity index (χ1v) is 7.05. The average Bonchev–Trinajstić information content (AvgIpc) is 3.24. The largest absolute Gasteiger partial charge is 0.308 e. The topological polar surface area (TPSA) is 24.9 Å². The first-order chi connectivity index (χ1) is 8.37. The number of hydrogen-bond donors (Lipinski definition) is 1. The van der Waals surface area contributed by atoms with Crippen LogP contribution in [-0.2, 0) is 6.42 Å². The SMILES string of the molecule is c1cnc2c(c1)CCC2NCC1(C2CC2)CC1. The average molecular weight is 228 g/mol. The van der Waals surface area contributed by atoms with E-state index in [0.29, 0.717) is 11.5 Å². The molecule has 1 unspecified atom stereocenters. The molecule has 2 saturated carbocycles. The minimum atomic E-state index is 0.530. The molecule has 3 aliphatic carbocycles. The molecule has 4 rings (SSSR count). The molecular weight excluding hydrogens is 208 g/mol. The first-order valence-electron chi connectivity index (χ1n) is 7.05. The zero-order valence-electron chi connectivity index (χ0n) is 10.3. The van der Waals surface area contributed by atoms with Crippen molar-refractivity contribution in [2.24, 2.45) is 11.3 Å². The zero-order valence-corrected chi connectivity index (χ0v) is 10.3. The quantitative estimate of drug-likeness (QED) is 0.857. The summed E-state index contributed by atoms with van der Waals surface area (Å²) in [5, 5.41) is 3.80. The van der Waals surface area contributed by atoms with Crippen LogP contribution in [0, 0.1) is 11.3 Å². The summed E-state index contributed by atoms with van der Waals surface area (Å²) in [4.78, 5) is 4.56. The van der Waals surface area contributed by atoms with E-state index in [9.17, 15) is 0 Å². The predicted octanol–water partition coefficient (Wildman–Crippen LogP) is 2.85. The summed E-state index contributed by atoms with van der Waals surface area (Å²) in [6, 6.07) is 4.83. The van der Waals surface area contributed by atoms with Gasteiger partial charge >= 0.3 is 0 Å². The maximum Gasteiger partial charge on any atom is 0.0605 e. The molecule has 0 bridgehead atoms. The normalized spacial score (nSPS) is 29.1. The van der Waals surface area contributed by atoms with Gasteiger partial charge < -0.3 is 5.32 Å². The Kier molecular flexibility index (Phi) is 2.10. The first kappa shape index (κ1) is 10.1. The van der Waals surface area contributed by atoms with Crippen molar-refractivity contribution in [3.8, 4) is 0 Å². The number of rotatable bonds is 4. The molecular formula is C15H20N2. The fourth-order valence-corrected chi connectivity index (χ4v) is 3.52. The Balaban J connectivity index is 1.44. The Morgan fingerprint density at radius 2 is 2.18 bits per heavy atom. The zero-order chi connectivity index (χ0) is 11.3. The Morgan fingerprint density at radius 1 is 1.29 bits per heavy atom. The summed E-state index contributed by atoms with van der Waals surface area (Å²) >= 11 is 0. The molecule has 2 nitrogen and oxygen atoms in total. The van der Waals surface area contributed by atoms with Crippen LogP contribution < -0.4 is 5.32 Å².